The summed E-state index contributed by atoms with van der Waals surface area (Å²) in [6.45, 7) is 6.16. The van der Waals surface area contributed by atoms with Crippen molar-refractivity contribution >= 4 is 11.8 Å². The van der Waals surface area contributed by atoms with Gasteiger partial charge in [0.25, 0.3) is 0 Å². The van der Waals surface area contributed by atoms with E-state index in [2.05, 4.69) is 42.3 Å². The second-order valence-corrected chi connectivity index (χ2v) is 7.96. The number of nitrogens with two attached hydrogens (primary N) is 1. The fourth-order valence-corrected chi connectivity index (χ4v) is 4.01. The quantitative estimate of drug-likeness (QED) is 0.716. The summed E-state index contributed by atoms with van der Waals surface area (Å²) < 4.78 is 5.31. The highest BCUT2D eigenvalue weighted by molar-refractivity contribution is 5.88. The molecule has 154 valence electrons. The molecule has 1 saturated heterocycles. The highest BCUT2D eigenvalue weighted by Gasteiger charge is 2.49. The van der Waals surface area contributed by atoms with Crippen molar-refractivity contribution in [1.29, 1.82) is 0 Å². The Kier molecular flexibility index (Phi) is 6.23. The number of benzene rings is 2. The van der Waals surface area contributed by atoms with Gasteiger partial charge in [0.05, 0.1) is 19.1 Å². The van der Waals surface area contributed by atoms with Gasteiger partial charge in [-0.1, -0.05) is 30.3 Å². The molecular weight excluding hydrogens is 366 g/mol. The molecule has 0 unspecified atom stereocenters. The molecular formula is C23H29N3O3. The van der Waals surface area contributed by atoms with E-state index < -0.39 is 11.3 Å². The van der Waals surface area contributed by atoms with Crippen LogP contribution in [0.25, 0.3) is 0 Å². The van der Waals surface area contributed by atoms with Gasteiger partial charge < -0.3 is 15.8 Å². The van der Waals surface area contributed by atoms with E-state index in [4.69, 9.17) is 10.5 Å². The molecule has 29 heavy (non-hydrogen) atoms. The Morgan fingerprint density at radius 1 is 1.17 bits per heavy atom. The number of nitrogens with one attached hydrogen (secondary N) is 1. The fraction of sp³-hybridized carbons (Fsp3) is 0.391. The van der Waals surface area contributed by atoms with E-state index in [0.717, 1.165) is 17.9 Å². The first-order valence-corrected chi connectivity index (χ1v) is 9.80. The molecule has 1 aliphatic rings. The molecule has 0 radical (unpaired) electrons. The van der Waals surface area contributed by atoms with Crippen molar-refractivity contribution in [2.45, 2.75) is 26.8 Å². The molecule has 0 atom stereocenters. The van der Waals surface area contributed by atoms with Crippen LogP contribution in [0.5, 0.6) is 5.75 Å². The number of primary amides is 1. The van der Waals surface area contributed by atoms with Crippen LogP contribution < -0.4 is 15.8 Å². The Bertz CT molecular complexity index is 904. The van der Waals surface area contributed by atoms with E-state index in [-0.39, 0.29) is 12.5 Å². The molecule has 3 N–H and O–H groups in total. The summed E-state index contributed by atoms with van der Waals surface area (Å²) >= 11 is 0. The lowest BCUT2D eigenvalue weighted by atomic mass is 9.73. The Balaban J connectivity index is 1.75. The molecule has 0 aromatic heterocycles. The number of hydrogen-bond donors (Lipinski definition) is 2. The van der Waals surface area contributed by atoms with E-state index in [9.17, 15) is 9.59 Å². The van der Waals surface area contributed by atoms with Gasteiger partial charge in [-0.3, -0.25) is 14.5 Å². The number of aryl methyl sites for hydroxylation is 1. The van der Waals surface area contributed by atoms with Gasteiger partial charge in [-0.05, 0) is 54.7 Å². The summed E-state index contributed by atoms with van der Waals surface area (Å²) in [6, 6.07) is 14.1. The molecule has 6 heteroatoms. The third-order valence-corrected chi connectivity index (χ3v) is 5.74. The van der Waals surface area contributed by atoms with Crippen LogP contribution in [0.2, 0.25) is 0 Å². The largest absolute Gasteiger partial charge is 0.497 e. The molecule has 0 bridgehead atoms. The molecule has 3 rings (SSSR count). The maximum atomic E-state index is 13.0. The van der Waals surface area contributed by atoms with Crippen molar-refractivity contribution in [3.63, 3.8) is 0 Å². The van der Waals surface area contributed by atoms with Crippen LogP contribution in [-0.2, 0) is 22.6 Å². The number of ether oxygens (including phenoxy) is 1. The summed E-state index contributed by atoms with van der Waals surface area (Å²) in [5.41, 5.74) is 9.49. The summed E-state index contributed by atoms with van der Waals surface area (Å²) in [5, 5.41) is 2.71. The fourth-order valence-electron chi connectivity index (χ4n) is 4.01. The summed E-state index contributed by atoms with van der Waals surface area (Å²) in [7, 11) is 1.63. The van der Waals surface area contributed by atoms with Gasteiger partial charge in [0.1, 0.15) is 5.75 Å². The minimum absolute atomic E-state index is 0.128. The molecule has 2 aromatic carbocycles. The van der Waals surface area contributed by atoms with E-state index in [0.29, 0.717) is 19.5 Å². The van der Waals surface area contributed by atoms with Crippen LogP contribution in [-0.4, -0.2) is 43.5 Å². The SMILES string of the molecule is COc1cccc(CC2(C(=O)NCC(N)=O)CN(Cc3cccc(C)c3C)C2)c1. The van der Waals surface area contributed by atoms with Gasteiger partial charge >= 0.3 is 0 Å². The predicted molar refractivity (Wildman–Crippen MR) is 113 cm³/mol. The summed E-state index contributed by atoms with van der Waals surface area (Å²) in [4.78, 5) is 26.4. The van der Waals surface area contributed by atoms with Crippen molar-refractivity contribution in [1.82, 2.24) is 10.2 Å². The van der Waals surface area contributed by atoms with Crippen LogP contribution in [0.3, 0.4) is 0 Å². The molecule has 1 fully saturated rings. The predicted octanol–water partition coefficient (Wildman–Crippen LogP) is 1.96. The third kappa shape index (κ3) is 4.77. The highest BCUT2D eigenvalue weighted by Crippen LogP contribution is 2.36. The maximum absolute atomic E-state index is 13.0. The highest BCUT2D eigenvalue weighted by atomic mass is 16.5. The van der Waals surface area contributed by atoms with E-state index in [1.165, 1.54) is 16.7 Å². The van der Waals surface area contributed by atoms with E-state index in [1.54, 1.807) is 7.11 Å². The Morgan fingerprint density at radius 2 is 1.90 bits per heavy atom. The van der Waals surface area contributed by atoms with Crippen molar-refractivity contribution in [2.75, 3.05) is 26.7 Å². The number of hydrogen-bond acceptors (Lipinski definition) is 4. The molecule has 6 nitrogen and oxygen atoms in total. The van der Waals surface area contributed by atoms with Crippen molar-refractivity contribution in [3.05, 3.63) is 64.7 Å². The summed E-state index contributed by atoms with van der Waals surface area (Å²) in [5.74, 6) is 0.0968. The number of carbonyl (C=O) groups excluding carboxylic acids is 2. The van der Waals surface area contributed by atoms with Gasteiger partial charge in [-0.15, -0.1) is 0 Å². The van der Waals surface area contributed by atoms with Gasteiger partial charge in [0.2, 0.25) is 11.8 Å². The number of carbonyl (C=O) groups is 2. The first-order valence-electron chi connectivity index (χ1n) is 9.80. The molecule has 1 heterocycles. The van der Waals surface area contributed by atoms with E-state index in [1.807, 2.05) is 24.3 Å². The van der Waals surface area contributed by atoms with Crippen molar-refractivity contribution < 1.29 is 14.3 Å². The smallest absolute Gasteiger partial charge is 0.236 e. The van der Waals surface area contributed by atoms with Crippen LogP contribution in [0, 0.1) is 19.3 Å². The average Bonchev–Trinajstić information content (AvgIpc) is 2.67. The minimum Gasteiger partial charge on any atom is -0.497 e. The Hall–Kier alpha value is -2.86. The number of rotatable bonds is 8. The molecule has 1 aliphatic heterocycles. The number of nitrogens with zero attached hydrogens (tertiary/aromatic N) is 1. The zero-order valence-electron chi connectivity index (χ0n) is 17.3. The number of amides is 2. The zero-order valence-corrected chi connectivity index (χ0v) is 17.3. The molecule has 0 aliphatic carbocycles. The average molecular weight is 396 g/mol. The van der Waals surface area contributed by atoms with Gasteiger partial charge in [-0.25, -0.2) is 0 Å². The lowest BCUT2D eigenvalue weighted by Crippen LogP contribution is -2.64. The lowest BCUT2D eigenvalue weighted by molar-refractivity contribution is -0.143. The standard InChI is InChI=1S/C23H29N3O3/c1-16-6-4-8-19(17(16)2)13-26-14-23(15-26,22(28)25-12-21(24)27)11-18-7-5-9-20(10-18)29-3/h4-10H,11-15H2,1-3H3,(H2,24,27)(H,25,28). The van der Waals surface area contributed by atoms with Gasteiger partial charge in [0, 0.05) is 19.6 Å². The second kappa shape index (κ2) is 8.66. The molecule has 2 amide bonds. The normalized spacial score (nSPS) is 15.4. The Morgan fingerprint density at radius 3 is 2.59 bits per heavy atom. The van der Waals surface area contributed by atoms with Gasteiger partial charge in [-0.2, -0.15) is 0 Å². The zero-order chi connectivity index (χ0) is 21.0. The van der Waals surface area contributed by atoms with E-state index >= 15 is 0 Å². The van der Waals surface area contributed by atoms with Crippen LogP contribution >= 0.6 is 0 Å². The molecule has 0 saturated carbocycles. The first kappa shape index (κ1) is 20.9. The first-order chi connectivity index (χ1) is 13.8. The van der Waals surface area contributed by atoms with Crippen molar-refractivity contribution in [3.8, 4) is 5.75 Å². The lowest BCUT2D eigenvalue weighted by Gasteiger charge is -2.49. The monoisotopic (exact) mass is 395 g/mol. The van der Waals surface area contributed by atoms with Crippen LogP contribution in [0.15, 0.2) is 42.5 Å². The number of likely N-dealkylation sites (tertiary alicyclic amines) is 1. The minimum atomic E-state index is -0.584. The molecule has 0 spiro atoms. The van der Waals surface area contributed by atoms with Crippen LogP contribution in [0.4, 0.5) is 0 Å². The summed E-state index contributed by atoms with van der Waals surface area (Å²) in [6.07, 6.45) is 0.581. The topological polar surface area (TPSA) is 84.7 Å². The second-order valence-electron chi connectivity index (χ2n) is 7.96. The maximum Gasteiger partial charge on any atom is 0.236 e. The molecule has 2 aromatic rings. The van der Waals surface area contributed by atoms with Crippen molar-refractivity contribution in [2.24, 2.45) is 11.1 Å². The third-order valence-electron chi connectivity index (χ3n) is 5.74. The number of methoxy groups -OCH3 is 1. The van der Waals surface area contributed by atoms with Crippen LogP contribution in [0.1, 0.15) is 22.3 Å². The Labute approximate surface area is 172 Å². The van der Waals surface area contributed by atoms with Gasteiger partial charge in [0.15, 0.2) is 0 Å².